The summed E-state index contributed by atoms with van der Waals surface area (Å²) in [5.41, 5.74) is -4.29. The van der Waals surface area contributed by atoms with Crippen LogP contribution in [-0.4, -0.2) is 32.0 Å². The number of esters is 1. The van der Waals surface area contributed by atoms with Crippen LogP contribution in [0.1, 0.15) is 47.8 Å². The van der Waals surface area contributed by atoms with Crippen molar-refractivity contribution in [3.63, 3.8) is 0 Å². The Morgan fingerprint density at radius 3 is 2.11 bits per heavy atom. The summed E-state index contributed by atoms with van der Waals surface area (Å²) in [5, 5.41) is 0. The molecule has 1 atom stereocenters. The summed E-state index contributed by atoms with van der Waals surface area (Å²) < 4.78 is 83.4. The highest BCUT2D eigenvalue weighted by atomic mass is 32.2. The molecule has 1 aliphatic rings. The zero-order chi connectivity index (χ0) is 27.2. The number of benzene rings is 3. The van der Waals surface area contributed by atoms with Gasteiger partial charge in [0.2, 0.25) is 10.0 Å². The molecule has 0 fully saturated rings. The minimum Gasteiger partial charge on any atom is -0.497 e. The molecule has 196 valence electrons. The van der Waals surface area contributed by atoms with Gasteiger partial charge in [-0.15, -0.1) is 4.31 Å². The largest absolute Gasteiger partial charge is 0.497 e. The molecule has 0 aliphatic carbocycles. The summed E-state index contributed by atoms with van der Waals surface area (Å²) in [4.78, 5) is 12.6. The van der Waals surface area contributed by atoms with Crippen LogP contribution in [0.15, 0.2) is 77.7 Å². The molecule has 1 aliphatic heterocycles. The van der Waals surface area contributed by atoms with E-state index in [2.05, 4.69) is 0 Å². The van der Waals surface area contributed by atoms with Crippen LogP contribution in [-0.2, 0) is 32.4 Å². The van der Waals surface area contributed by atoms with Crippen molar-refractivity contribution in [2.45, 2.75) is 49.5 Å². The summed E-state index contributed by atoms with van der Waals surface area (Å²) in [6.45, 7) is 4.70. The number of hydrogen-bond donors (Lipinski definition) is 0. The first kappa shape index (κ1) is 26.7. The lowest BCUT2D eigenvalue weighted by atomic mass is 9.84. The van der Waals surface area contributed by atoms with Gasteiger partial charge in [0, 0.05) is 12.1 Å². The van der Waals surface area contributed by atoms with Gasteiger partial charge in [-0.1, -0.05) is 57.2 Å². The fraction of sp³-hybridized carbons (Fsp3) is 0.296. The lowest BCUT2D eigenvalue weighted by molar-refractivity contribution is -0.303. The molecule has 0 N–H and O–H groups in total. The molecule has 0 radical (unpaired) electrons. The Bertz CT molecular complexity index is 1420. The molecule has 0 aromatic heterocycles. The average molecular weight is 534 g/mol. The molecular weight excluding hydrogens is 507 g/mol. The highest BCUT2D eigenvalue weighted by Crippen LogP contribution is 2.55. The van der Waals surface area contributed by atoms with E-state index in [4.69, 9.17) is 9.47 Å². The Labute approximate surface area is 213 Å². The molecule has 4 rings (SSSR count). The fourth-order valence-electron chi connectivity index (χ4n) is 4.23. The summed E-state index contributed by atoms with van der Waals surface area (Å²) >= 11 is 0. The quantitative estimate of drug-likeness (QED) is 0.390. The number of rotatable bonds is 5. The van der Waals surface area contributed by atoms with E-state index in [1.54, 1.807) is 39.0 Å². The van der Waals surface area contributed by atoms with Crippen LogP contribution < -0.4 is 4.74 Å². The minimum atomic E-state index is -5.32. The number of alkyl halides is 3. The van der Waals surface area contributed by atoms with Gasteiger partial charge >= 0.3 is 17.9 Å². The van der Waals surface area contributed by atoms with Crippen molar-refractivity contribution in [3.8, 4) is 5.75 Å². The molecule has 6 nitrogen and oxygen atoms in total. The second-order valence-corrected chi connectivity index (χ2v) is 11.5. The van der Waals surface area contributed by atoms with Crippen molar-refractivity contribution in [2.75, 3.05) is 7.11 Å². The SMILES string of the molecule is COc1ccc(C(=O)O[C@@]2(C(F)(F)F)c3cc(C(C)(C)C)ccc3S(=O)(=O)N2Cc2ccccc2)cc1. The monoisotopic (exact) mass is 533 g/mol. The molecule has 0 amide bonds. The number of fused-ring (bicyclic) bond motifs is 1. The van der Waals surface area contributed by atoms with Crippen LogP contribution in [0.4, 0.5) is 13.2 Å². The fourth-order valence-corrected chi connectivity index (χ4v) is 6.08. The number of sulfonamides is 1. The lowest BCUT2D eigenvalue weighted by Crippen LogP contribution is -2.56. The molecule has 3 aromatic carbocycles. The van der Waals surface area contributed by atoms with E-state index in [0.29, 0.717) is 16.9 Å². The van der Waals surface area contributed by atoms with Crippen LogP contribution in [0.5, 0.6) is 5.75 Å². The van der Waals surface area contributed by atoms with Gasteiger partial charge in [-0.2, -0.15) is 13.2 Å². The molecule has 37 heavy (non-hydrogen) atoms. The van der Waals surface area contributed by atoms with Crippen molar-refractivity contribution >= 4 is 16.0 Å². The van der Waals surface area contributed by atoms with Gasteiger partial charge in [0.1, 0.15) is 5.75 Å². The van der Waals surface area contributed by atoms with E-state index in [-0.39, 0.29) is 9.87 Å². The first-order valence-corrected chi connectivity index (χ1v) is 12.8. The molecule has 0 saturated carbocycles. The van der Waals surface area contributed by atoms with E-state index < -0.39 is 50.3 Å². The highest BCUT2D eigenvalue weighted by molar-refractivity contribution is 7.89. The second-order valence-electron chi connectivity index (χ2n) is 9.72. The van der Waals surface area contributed by atoms with E-state index in [1.165, 1.54) is 55.6 Å². The molecule has 0 saturated heterocycles. The zero-order valence-electron chi connectivity index (χ0n) is 20.7. The molecule has 10 heteroatoms. The first-order valence-electron chi connectivity index (χ1n) is 11.4. The summed E-state index contributed by atoms with van der Waals surface area (Å²) in [6, 6.07) is 16.9. The number of carbonyl (C=O) groups is 1. The maximum Gasteiger partial charge on any atom is 0.449 e. The predicted octanol–water partition coefficient (Wildman–Crippen LogP) is 5.77. The zero-order valence-corrected chi connectivity index (χ0v) is 21.5. The third-order valence-corrected chi connectivity index (χ3v) is 8.13. The number of methoxy groups -OCH3 is 1. The summed E-state index contributed by atoms with van der Waals surface area (Å²) in [5.74, 6) is -0.946. The minimum absolute atomic E-state index is 0.193. The van der Waals surface area contributed by atoms with Crippen molar-refractivity contribution < 1.29 is 35.9 Å². The maximum absolute atomic E-state index is 15.2. The van der Waals surface area contributed by atoms with Gasteiger partial charge in [-0.3, -0.25) is 0 Å². The van der Waals surface area contributed by atoms with Gasteiger partial charge < -0.3 is 9.47 Å². The summed E-state index contributed by atoms with van der Waals surface area (Å²) in [7, 11) is -3.32. The third-order valence-electron chi connectivity index (χ3n) is 6.25. The number of hydrogen-bond acceptors (Lipinski definition) is 5. The Morgan fingerprint density at radius 2 is 1.57 bits per heavy atom. The van der Waals surface area contributed by atoms with E-state index in [0.717, 1.165) is 6.07 Å². The van der Waals surface area contributed by atoms with Gasteiger partial charge in [0.15, 0.2) is 0 Å². The smallest absolute Gasteiger partial charge is 0.449 e. The van der Waals surface area contributed by atoms with Crippen LogP contribution in [0.2, 0.25) is 0 Å². The summed E-state index contributed by atoms with van der Waals surface area (Å²) in [6.07, 6.45) is -5.32. The van der Waals surface area contributed by atoms with Crippen LogP contribution in [0, 0.1) is 0 Å². The lowest BCUT2D eigenvalue weighted by Gasteiger charge is -2.38. The molecule has 1 heterocycles. The van der Waals surface area contributed by atoms with Crippen molar-refractivity contribution in [1.82, 2.24) is 4.31 Å². The van der Waals surface area contributed by atoms with E-state index >= 15 is 13.2 Å². The number of ether oxygens (including phenoxy) is 2. The highest BCUT2D eigenvalue weighted by Gasteiger charge is 2.72. The molecular formula is C27H26F3NO5S. The third kappa shape index (κ3) is 4.59. The molecule has 3 aromatic rings. The second kappa shape index (κ2) is 9.18. The Balaban J connectivity index is 1.97. The van der Waals surface area contributed by atoms with Crippen LogP contribution in [0.3, 0.4) is 0 Å². The number of carbonyl (C=O) groups excluding carboxylic acids is 1. The predicted molar refractivity (Wildman–Crippen MR) is 130 cm³/mol. The Hall–Kier alpha value is -3.37. The van der Waals surface area contributed by atoms with Gasteiger partial charge in [-0.25, -0.2) is 13.2 Å². The first-order chi connectivity index (χ1) is 17.2. The van der Waals surface area contributed by atoms with E-state index in [1.807, 2.05) is 0 Å². The number of nitrogens with zero attached hydrogens (tertiary/aromatic N) is 1. The molecule has 0 unspecified atom stereocenters. The average Bonchev–Trinajstić information content (AvgIpc) is 3.03. The Morgan fingerprint density at radius 1 is 0.946 bits per heavy atom. The maximum atomic E-state index is 15.2. The van der Waals surface area contributed by atoms with Crippen molar-refractivity contribution in [1.29, 1.82) is 0 Å². The Kier molecular flexibility index (Phi) is 6.62. The topological polar surface area (TPSA) is 72.9 Å². The molecule has 0 spiro atoms. The van der Waals surface area contributed by atoms with Gasteiger partial charge in [0.05, 0.1) is 17.6 Å². The van der Waals surface area contributed by atoms with Crippen molar-refractivity contribution in [2.24, 2.45) is 0 Å². The van der Waals surface area contributed by atoms with Gasteiger partial charge in [0.25, 0.3) is 0 Å². The van der Waals surface area contributed by atoms with Crippen LogP contribution >= 0.6 is 0 Å². The number of halogens is 3. The van der Waals surface area contributed by atoms with Crippen molar-refractivity contribution in [3.05, 3.63) is 95.1 Å². The standard InChI is InChI=1S/C27H26F3NO5S/c1-25(2,3)20-12-15-23-22(16-20)26(27(28,29)30,36-24(32)19-10-13-21(35-4)14-11-19)31(37(23,33)34)17-18-8-6-5-7-9-18/h5-16H,17H2,1-4H3/t26-/m1/s1. The normalized spacial score (nSPS) is 19.3. The van der Waals surface area contributed by atoms with Gasteiger partial charge in [-0.05, 0) is 52.9 Å². The molecule has 0 bridgehead atoms. The van der Waals surface area contributed by atoms with Crippen LogP contribution in [0.25, 0.3) is 0 Å². The van der Waals surface area contributed by atoms with E-state index in [9.17, 15) is 13.2 Å².